The number of aryl methyl sites for hydroxylation is 1. The van der Waals surface area contributed by atoms with Crippen molar-refractivity contribution in [3.8, 4) is 0 Å². The molecule has 1 aliphatic heterocycles. The quantitative estimate of drug-likeness (QED) is 0.738. The summed E-state index contributed by atoms with van der Waals surface area (Å²) >= 11 is 0. The lowest BCUT2D eigenvalue weighted by Crippen LogP contribution is -2.19. The lowest BCUT2D eigenvalue weighted by molar-refractivity contribution is 0.177. The molecular formula is C11H13NO2. The van der Waals surface area contributed by atoms with Gasteiger partial charge in [0.1, 0.15) is 6.61 Å². The first-order chi connectivity index (χ1) is 6.68. The van der Waals surface area contributed by atoms with Gasteiger partial charge in [-0.05, 0) is 30.5 Å². The number of hydrogen-bond donors (Lipinski definition) is 1. The molecule has 14 heavy (non-hydrogen) atoms. The molecule has 1 amide bonds. The Labute approximate surface area is 83.1 Å². The summed E-state index contributed by atoms with van der Waals surface area (Å²) in [5, 5.41) is 2.78. The number of alkyl carbamates (subject to hydrolysis) is 1. The van der Waals surface area contributed by atoms with Gasteiger partial charge in [-0.25, -0.2) is 4.79 Å². The molecule has 0 aromatic heterocycles. The van der Waals surface area contributed by atoms with E-state index < -0.39 is 0 Å². The van der Waals surface area contributed by atoms with E-state index in [4.69, 9.17) is 4.74 Å². The predicted octanol–water partition coefficient (Wildman–Crippen LogP) is 2.08. The van der Waals surface area contributed by atoms with Crippen molar-refractivity contribution in [2.45, 2.75) is 19.9 Å². The van der Waals surface area contributed by atoms with Crippen LogP contribution in [0.4, 0.5) is 4.79 Å². The number of hydrogen-bond acceptors (Lipinski definition) is 2. The van der Waals surface area contributed by atoms with Crippen molar-refractivity contribution in [3.05, 3.63) is 34.9 Å². The van der Waals surface area contributed by atoms with E-state index in [1.165, 1.54) is 11.1 Å². The zero-order valence-corrected chi connectivity index (χ0v) is 8.33. The summed E-state index contributed by atoms with van der Waals surface area (Å²) in [6, 6.07) is 6.11. The minimum absolute atomic E-state index is 0.0161. The number of nitrogens with one attached hydrogen (secondary N) is 1. The zero-order valence-electron chi connectivity index (χ0n) is 8.33. The van der Waals surface area contributed by atoms with E-state index in [1.54, 1.807) is 0 Å². The number of ether oxygens (including phenoxy) is 1. The standard InChI is InChI=1S/C11H13NO2/c1-7-4-3-5-9(8(7)2)10-6-14-11(13)12-10/h3-5,10H,6H2,1-2H3,(H,12,13)/t10-/m0/s1. The summed E-state index contributed by atoms with van der Waals surface area (Å²) in [5.74, 6) is 0. The van der Waals surface area contributed by atoms with Crippen molar-refractivity contribution in [2.75, 3.05) is 6.61 Å². The molecule has 0 spiro atoms. The molecule has 3 nitrogen and oxygen atoms in total. The van der Waals surface area contributed by atoms with Gasteiger partial charge in [-0.1, -0.05) is 18.2 Å². The number of amides is 1. The molecule has 1 aliphatic rings. The van der Waals surface area contributed by atoms with Crippen molar-refractivity contribution in [1.82, 2.24) is 5.32 Å². The molecule has 3 heteroatoms. The fourth-order valence-corrected chi connectivity index (χ4v) is 1.70. The van der Waals surface area contributed by atoms with Crippen LogP contribution in [0.15, 0.2) is 18.2 Å². The average molecular weight is 191 g/mol. The van der Waals surface area contributed by atoms with Gasteiger partial charge in [-0.3, -0.25) is 0 Å². The minimum Gasteiger partial charge on any atom is -0.447 e. The van der Waals surface area contributed by atoms with Gasteiger partial charge in [0.2, 0.25) is 0 Å². The fourth-order valence-electron chi connectivity index (χ4n) is 1.70. The second kappa shape index (κ2) is 3.33. The molecule has 1 heterocycles. The summed E-state index contributed by atoms with van der Waals surface area (Å²) in [6.07, 6.45) is -0.323. The topological polar surface area (TPSA) is 38.3 Å². The Balaban J connectivity index is 2.32. The number of cyclic esters (lactones) is 1. The molecule has 1 atom stereocenters. The van der Waals surface area contributed by atoms with Gasteiger partial charge in [0, 0.05) is 0 Å². The molecule has 0 unspecified atom stereocenters. The third-order valence-corrected chi connectivity index (χ3v) is 2.70. The highest BCUT2D eigenvalue weighted by Gasteiger charge is 2.24. The first-order valence-electron chi connectivity index (χ1n) is 4.68. The monoisotopic (exact) mass is 191 g/mol. The van der Waals surface area contributed by atoms with E-state index in [0.29, 0.717) is 6.61 Å². The Morgan fingerprint density at radius 3 is 2.86 bits per heavy atom. The van der Waals surface area contributed by atoms with Gasteiger partial charge in [0.05, 0.1) is 6.04 Å². The van der Waals surface area contributed by atoms with Crippen molar-refractivity contribution in [2.24, 2.45) is 0 Å². The maximum Gasteiger partial charge on any atom is 0.407 e. The van der Waals surface area contributed by atoms with E-state index >= 15 is 0 Å². The second-order valence-corrected chi connectivity index (χ2v) is 3.58. The van der Waals surface area contributed by atoms with Crippen LogP contribution in [0.5, 0.6) is 0 Å². The largest absolute Gasteiger partial charge is 0.447 e. The predicted molar refractivity (Wildman–Crippen MR) is 53.1 cm³/mol. The molecule has 2 rings (SSSR count). The Kier molecular flexibility index (Phi) is 2.15. The smallest absolute Gasteiger partial charge is 0.407 e. The summed E-state index contributed by atoms with van der Waals surface area (Å²) in [5.41, 5.74) is 3.61. The number of benzene rings is 1. The van der Waals surface area contributed by atoms with Crippen molar-refractivity contribution < 1.29 is 9.53 Å². The van der Waals surface area contributed by atoms with Crippen LogP contribution in [0.2, 0.25) is 0 Å². The Morgan fingerprint density at radius 1 is 1.43 bits per heavy atom. The van der Waals surface area contributed by atoms with Crippen LogP contribution in [0.25, 0.3) is 0 Å². The van der Waals surface area contributed by atoms with E-state index in [2.05, 4.69) is 25.2 Å². The molecular weight excluding hydrogens is 178 g/mol. The minimum atomic E-state index is -0.323. The molecule has 0 saturated carbocycles. The fraction of sp³-hybridized carbons (Fsp3) is 0.364. The third-order valence-electron chi connectivity index (χ3n) is 2.70. The van der Waals surface area contributed by atoms with Gasteiger partial charge >= 0.3 is 6.09 Å². The van der Waals surface area contributed by atoms with E-state index in [9.17, 15) is 4.79 Å². The summed E-state index contributed by atoms with van der Waals surface area (Å²) < 4.78 is 4.86. The Morgan fingerprint density at radius 2 is 2.21 bits per heavy atom. The normalized spacial score (nSPS) is 20.4. The molecule has 0 bridgehead atoms. The first kappa shape index (κ1) is 9.06. The number of carbonyl (C=O) groups is 1. The van der Waals surface area contributed by atoms with Crippen LogP contribution >= 0.6 is 0 Å². The second-order valence-electron chi connectivity index (χ2n) is 3.58. The van der Waals surface area contributed by atoms with Crippen molar-refractivity contribution in [3.63, 3.8) is 0 Å². The van der Waals surface area contributed by atoms with Gasteiger partial charge in [0.25, 0.3) is 0 Å². The van der Waals surface area contributed by atoms with Gasteiger partial charge < -0.3 is 10.1 Å². The van der Waals surface area contributed by atoms with Crippen LogP contribution < -0.4 is 5.32 Å². The number of rotatable bonds is 1. The zero-order chi connectivity index (χ0) is 10.1. The number of carbonyl (C=O) groups excluding carboxylic acids is 1. The molecule has 74 valence electrons. The van der Waals surface area contributed by atoms with Gasteiger partial charge in [0.15, 0.2) is 0 Å². The van der Waals surface area contributed by atoms with Crippen molar-refractivity contribution in [1.29, 1.82) is 0 Å². The van der Waals surface area contributed by atoms with E-state index in [0.717, 1.165) is 5.56 Å². The molecule has 1 aromatic carbocycles. The van der Waals surface area contributed by atoms with Crippen LogP contribution in [0, 0.1) is 13.8 Å². The summed E-state index contributed by atoms with van der Waals surface area (Å²) in [7, 11) is 0. The molecule has 1 saturated heterocycles. The lowest BCUT2D eigenvalue weighted by atomic mass is 9.98. The molecule has 1 fully saturated rings. The van der Waals surface area contributed by atoms with Crippen molar-refractivity contribution >= 4 is 6.09 Å². The highest BCUT2D eigenvalue weighted by Crippen LogP contribution is 2.23. The highest BCUT2D eigenvalue weighted by molar-refractivity contribution is 5.70. The first-order valence-corrected chi connectivity index (χ1v) is 4.68. The maximum atomic E-state index is 10.9. The molecule has 0 aliphatic carbocycles. The van der Waals surface area contributed by atoms with E-state index in [1.807, 2.05) is 12.1 Å². The summed E-state index contributed by atoms with van der Waals surface area (Å²) in [6.45, 7) is 4.56. The summed E-state index contributed by atoms with van der Waals surface area (Å²) in [4.78, 5) is 10.9. The van der Waals surface area contributed by atoms with Crippen LogP contribution in [0.3, 0.4) is 0 Å². The third kappa shape index (κ3) is 1.45. The molecule has 0 radical (unpaired) electrons. The highest BCUT2D eigenvalue weighted by atomic mass is 16.6. The van der Waals surface area contributed by atoms with Gasteiger partial charge in [-0.15, -0.1) is 0 Å². The Hall–Kier alpha value is -1.51. The van der Waals surface area contributed by atoms with Gasteiger partial charge in [-0.2, -0.15) is 0 Å². The van der Waals surface area contributed by atoms with E-state index in [-0.39, 0.29) is 12.1 Å². The Bertz CT molecular complexity index is 374. The molecule has 1 aromatic rings. The van der Waals surface area contributed by atoms with Crippen LogP contribution in [0.1, 0.15) is 22.7 Å². The van der Waals surface area contributed by atoms with Crippen LogP contribution in [-0.2, 0) is 4.74 Å². The lowest BCUT2D eigenvalue weighted by Gasteiger charge is -2.12. The SMILES string of the molecule is Cc1cccc([C@@H]2COC(=O)N2)c1C. The van der Waals surface area contributed by atoms with Crippen LogP contribution in [-0.4, -0.2) is 12.7 Å². The maximum absolute atomic E-state index is 10.9. The molecule has 1 N–H and O–H groups in total. The average Bonchev–Trinajstić information content (AvgIpc) is 2.57.